The molecule has 1 radical (unpaired) electrons. The molecule has 0 aliphatic heterocycles. The minimum Gasteiger partial charge on any atom is -0.214 e. The fourth-order valence-electron chi connectivity index (χ4n) is 3.51. The van der Waals surface area contributed by atoms with Crippen LogP contribution in [0.4, 0.5) is 25.2 Å². The summed E-state index contributed by atoms with van der Waals surface area (Å²) in [6.07, 6.45) is 15.4. The van der Waals surface area contributed by atoms with Crippen LogP contribution in [0.5, 0.6) is 0 Å². The van der Waals surface area contributed by atoms with Gasteiger partial charge in [0.1, 0.15) is 0 Å². The molecule has 0 spiro atoms. The molecule has 0 N–H and O–H groups in total. The Balaban J connectivity index is 0.000000424. The first-order valence-electron chi connectivity index (χ1n) is 10.6. The van der Waals surface area contributed by atoms with Crippen molar-refractivity contribution in [2.75, 3.05) is 0 Å². The summed E-state index contributed by atoms with van der Waals surface area (Å²) in [4.78, 5) is 0. The van der Waals surface area contributed by atoms with E-state index in [0.29, 0.717) is 0 Å². The van der Waals surface area contributed by atoms with Gasteiger partial charge >= 0.3 is 49.8 Å². The second-order valence-electron chi connectivity index (χ2n) is 7.72. The SMILES string of the molecule is C1CCC(PC2CCCCC2)CC1.F[P-](F)(F)(F)(F)F.[Co+2].c1cc[cH-]c1.c1cc[cH-]c1. The van der Waals surface area contributed by atoms with E-state index in [4.69, 9.17) is 0 Å². The first kappa shape index (κ1) is 30.6. The molecule has 0 heterocycles. The van der Waals surface area contributed by atoms with Gasteiger partial charge in [-0.1, -0.05) is 38.5 Å². The van der Waals surface area contributed by atoms with E-state index < -0.39 is 7.81 Å². The molecule has 2 aliphatic rings. The Labute approximate surface area is 194 Å². The summed E-state index contributed by atoms with van der Waals surface area (Å²) < 4.78 is 59.2. The smallest absolute Gasteiger partial charge is 0.214 e. The van der Waals surface area contributed by atoms with Crippen LogP contribution in [0.2, 0.25) is 0 Å². The molecule has 0 saturated heterocycles. The normalized spacial score (nSPS) is 19.4. The van der Waals surface area contributed by atoms with Crippen molar-refractivity contribution in [1.82, 2.24) is 0 Å². The van der Waals surface area contributed by atoms with E-state index >= 15 is 0 Å². The Morgan fingerprint density at radius 1 is 0.548 bits per heavy atom. The molecule has 0 nitrogen and oxygen atoms in total. The maximum atomic E-state index is 9.87. The first-order valence-corrected chi connectivity index (χ1v) is 13.7. The topological polar surface area (TPSA) is 0 Å². The van der Waals surface area contributed by atoms with Crippen molar-refractivity contribution in [2.45, 2.75) is 75.5 Å². The average molecular weight is 532 g/mol. The molecular formula is C22H33CoF6P2-. The Kier molecular flexibility index (Phi) is 13.9. The first-order chi connectivity index (χ1) is 13.9. The zero-order chi connectivity index (χ0) is 22.4. The molecule has 0 amide bonds. The summed E-state index contributed by atoms with van der Waals surface area (Å²) in [7, 11) is -9.33. The Morgan fingerprint density at radius 3 is 1.00 bits per heavy atom. The van der Waals surface area contributed by atoms with Crippen molar-refractivity contribution in [3.8, 4) is 0 Å². The van der Waals surface area contributed by atoms with Crippen molar-refractivity contribution in [2.24, 2.45) is 0 Å². The molecule has 2 aromatic rings. The summed E-state index contributed by atoms with van der Waals surface area (Å²) >= 11 is 0. The minimum absolute atomic E-state index is 0. The van der Waals surface area contributed by atoms with Crippen LogP contribution in [0, 0.1) is 0 Å². The molecule has 183 valence electrons. The fraction of sp³-hybridized carbons (Fsp3) is 0.545. The standard InChI is InChI=1S/C12H23P.2C5H5.Co.F6P/c1-3-7-11(8-4-1)13-12-9-5-2-6-10-12;2*1-2-4-5-3-1;;1-7(2,3,4,5)6/h11-13H,1-10H2;2*1-5H;;/q;2*-1;+2;-1. The number of hydrogen-bond donors (Lipinski definition) is 0. The quantitative estimate of drug-likeness (QED) is 0.205. The summed E-state index contributed by atoms with van der Waals surface area (Å²) in [6, 6.07) is 20.0. The molecule has 2 saturated carbocycles. The summed E-state index contributed by atoms with van der Waals surface area (Å²) in [5.74, 6) is 0. The van der Waals surface area contributed by atoms with Crippen molar-refractivity contribution >= 4 is 16.4 Å². The van der Waals surface area contributed by atoms with Gasteiger partial charge in [0.05, 0.1) is 0 Å². The number of rotatable bonds is 2. The van der Waals surface area contributed by atoms with Crippen molar-refractivity contribution in [1.29, 1.82) is 0 Å². The fourth-order valence-corrected chi connectivity index (χ4v) is 5.66. The molecule has 2 aliphatic carbocycles. The Bertz CT molecular complexity index is 526. The summed E-state index contributed by atoms with van der Waals surface area (Å²) in [5.41, 5.74) is 2.30. The van der Waals surface area contributed by atoms with Gasteiger partial charge in [0.15, 0.2) is 0 Å². The van der Waals surface area contributed by atoms with Crippen LogP contribution in [0.1, 0.15) is 64.2 Å². The predicted molar refractivity (Wildman–Crippen MR) is 120 cm³/mol. The molecule has 2 aromatic carbocycles. The summed E-state index contributed by atoms with van der Waals surface area (Å²) in [5, 5.41) is 0. The minimum atomic E-state index is -10.7. The van der Waals surface area contributed by atoms with E-state index in [1.54, 1.807) is 25.7 Å². The molecule has 0 aromatic heterocycles. The van der Waals surface area contributed by atoms with Crippen LogP contribution in [0.25, 0.3) is 0 Å². The van der Waals surface area contributed by atoms with E-state index in [1.165, 1.54) is 47.1 Å². The number of halogens is 6. The molecule has 0 bridgehead atoms. The molecule has 31 heavy (non-hydrogen) atoms. The van der Waals surface area contributed by atoms with E-state index in [9.17, 15) is 25.2 Å². The van der Waals surface area contributed by atoms with Gasteiger partial charge in [0.2, 0.25) is 0 Å². The van der Waals surface area contributed by atoms with Gasteiger partial charge in [-0.25, -0.2) is 24.3 Å². The molecule has 0 atom stereocenters. The maximum absolute atomic E-state index is 10.7. The van der Waals surface area contributed by atoms with Crippen molar-refractivity contribution in [3.05, 3.63) is 60.7 Å². The van der Waals surface area contributed by atoms with Crippen molar-refractivity contribution < 1.29 is 42.0 Å². The van der Waals surface area contributed by atoms with E-state index in [-0.39, 0.29) is 16.8 Å². The second-order valence-corrected chi connectivity index (χ2v) is 11.6. The monoisotopic (exact) mass is 532 g/mol. The van der Waals surface area contributed by atoms with Gasteiger partial charge in [0.25, 0.3) is 0 Å². The zero-order valence-corrected chi connectivity index (χ0v) is 20.5. The van der Waals surface area contributed by atoms with E-state index in [0.717, 1.165) is 11.3 Å². The Morgan fingerprint density at radius 2 is 0.806 bits per heavy atom. The molecule has 0 unspecified atom stereocenters. The molecule has 4 rings (SSSR count). The van der Waals surface area contributed by atoms with Gasteiger partial charge in [-0.15, -0.1) is 8.58 Å². The van der Waals surface area contributed by atoms with E-state index in [2.05, 4.69) is 0 Å². The second kappa shape index (κ2) is 14.0. The zero-order valence-electron chi connectivity index (χ0n) is 17.5. The third-order valence-electron chi connectivity index (χ3n) is 4.79. The van der Waals surface area contributed by atoms with Crippen LogP contribution < -0.4 is 0 Å². The van der Waals surface area contributed by atoms with Gasteiger partial charge in [-0.05, 0) is 37.0 Å². The third kappa shape index (κ3) is 25.8. The number of hydrogen-bond acceptors (Lipinski definition) is 0. The van der Waals surface area contributed by atoms with Gasteiger partial charge in [-0.3, -0.25) is 0 Å². The van der Waals surface area contributed by atoms with Gasteiger partial charge in [-0.2, -0.15) is 36.4 Å². The molecule has 9 heteroatoms. The maximum Gasteiger partial charge on any atom is 2.00 e. The van der Waals surface area contributed by atoms with Gasteiger partial charge < -0.3 is 0 Å². The van der Waals surface area contributed by atoms with Crippen LogP contribution in [-0.2, 0) is 16.8 Å². The summed E-state index contributed by atoms with van der Waals surface area (Å²) in [6.45, 7) is 0. The molecule has 2 fully saturated rings. The predicted octanol–water partition coefficient (Wildman–Crippen LogP) is 10.5. The van der Waals surface area contributed by atoms with Crippen LogP contribution in [0.3, 0.4) is 0 Å². The van der Waals surface area contributed by atoms with Gasteiger partial charge in [0, 0.05) is 0 Å². The average Bonchev–Trinajstić information content (AvgIpc) is 3.40. The van der Waals surface area contributed by atoms with Crippen LogP contribution in [0.15, 0.2) is 60.7 Å². The van der Waals surface area contributed by atoms with Crippen molar-refractivity contribution in [3.63, 3.8) is 0 Å². The Hall–Kier alpha value is -0.354. The van der Waals surface area contributed by atoms with E-state index in [1.807, 2.05) is 60.7 Å². The van der Waals surface area contributed by atoms with Crippen LogP contribution in [-0.4, -0.2) is 11.3 Å². The molecular weight excluding hydrogens is 499 g/mol. The third-order valence-corrected chi connectivity index (χ3v) is 6.89. The largest absolute Gasteiger partial charge is 2.00 e. The van der Waals surface area contributed by atoms with Crippen LogP contribution >= 0.6 is 16.4 Å².